The molecule has 10 heavy (non-hydrogen) atoms. The van der Waals surface area contributed by atoms with Crippen LogP contribution in [0.2, 0.25) is 0 Å². The third-order valence-electron chi connectivity index (χ3n) is 2.02. The van der Waals surface area contributed by atoms with Gasteiger partial charge in [-0.05, 0) is 26.0 Å². The molecule has 1 aliphatic heterocycles. The predicted octanol–water partition coefficient (Wildman–Crippen LogP) is 1.11. The molecule has 3 heteroatoms. The Morgan fingerprint density at radius 3 is 2.80 bits per heavy atom. The monoisotopic (exact) mass is 161 g/mol. The van der Waals surface area contributed by atoms with Gasteiger partial charge in [-0.25, -0.2) is 4.31 Å². The third kappa shape index (κ3) is 1.87. The quantitative estimate of drug-likeness (QED) is 0.583. The highest BCUT2D eigenvalue weighted by molar-refractivity contribution is 7.96. The van der Waals surface area contributed by atoms with Gasteiger partial charge in [0.25, 0.3) is 0 Å². The van der Waals surface area contributed by atoms with Crippen molar-refractivity contribution in [2.24, 2.45) is 0 Å². The van der Waals surface area contributed by atoms with Crippen LogP contribution in [0.4, 0.5) is 0 Å². The van der Waals surface area contributed by atoms with Gasteiger partial charge in [0.2, 0.25) is 0 Å². The van der Waals surface area contributed by atoms with Gasteiger partial charge in [-0.3, -0.25) is 0 Å². The van der Waals surface area contributed by atoms with Crippen LogP contribution in [-0.4, -0.2) is 34.4 Å². The molecule has 1 rings (SSSR count). The number of aliphatic hydroxyl groups excluding tert-OH is 1. The first kappa shape index (κ1) is 8.37. The van der Waals surface area contributed by atoms with Crippen LogP contribution in [0.15, 0.2) is 0 Å². The summed E-state index contributed by atoms with van der Waals surface area (Å²) < 4.78 is 2.33. The molecule has 0 aromatic carbocycles. The maximum atomic E-state index is 9.26. The Bertz CT molecular complexity index is 110. The van der Waals surface area contributed by atoms with Gasteiger partial charge in [-0.1, -0.05) is 11.9 Å². The molecule has 2 atom stereocenters. The lowest BCUT2D eigenvalue weighted by Gasteiger charge is -2.33. The Labute approximate surface area is 66.7 Å². The first-order valence-corrected chi connectivity index (χ1v) is 4.91. The van der Waals surface area contributed by atoms with Crippen LogP contribution in [0, 0.1) is 0 Å². The van der Waals surface area contributed by atoms with Crippen molar-refractivity contribution in [1.29, 1.82) is 0 Å². The van der Waals surface area contributed by atoms with Crippen molar-refractivity contribution in [2.45, 2.75) is 31.9 Å². The highest BCUT2D eigenvalue weighted by Crippen LogP contribution is 2.22. The summed E-state index contributed by atoms with van der Waals surface area (Å²) in [5.41, 5.74) is 0. The fourth-order valence-corrected chi connectivity index (χ4v) is 2.13. The van der Waals surface area contributed by atoms with Gasteiger partial charge in [0.05, 0.1) is 6.10 Å². The Balaban J connectivity index is 2.36. The molecule has 0 aromatic rings. The molecule has 1 saturated heterocycles. The number of hydrogen-bond acceptors (Lipinski definition) is 3. The molecule has 0 bridgehead atoms. The highest BCUT2D eigenvalue weighted by atomic mass is 32.2. The van der Waals surface area contributed by atoms with Crippen LogP contribution in [0.3, 0.4) is 0 Å². The van der Waals surface area contributed by atoms with Gasteiger partial charge in [0.15, 0.2) is 0 Å². The van der Waals surface area contributed by atoms with Crippen LogP contribution in [0.1, 0.15) is 19.8 Å². The van der Waals surface area contributed by atoms with Gasteiger partial charge < -0.3 is 5.11 Å². The van der Waals surface area contributed by atoms with Crippen molar-refractivity contribution >= 4 is 11.9 Å². The second-order valence-electron chi connectivity index (χ2n) is 2.85. The molecule has 0 aromatic heterocycles. The number of nitrogens with zero attached hydrogens (tertiary/aromatic N) is 1. The minimum atomic E-state index is -0.0570. The topological polar surface area (TPSA) is 23.5 Å². The third-order valence-corrected chi connectivity index (χ3v) is 3.03. The minimum absolute atomic E-state index is 0.0570. The zero-order valence-corrected chi connectivity index (χ0v) is 7.40. The summed E-state index contributed by atoms with van der Waals surface area (Å²) in [6, 6.07) is 0.541. The van der Waals surface area contributed by atoms with Crippen molar-refractivity contribution in [3.05, 3.63) is 0 Å². The maximum Gasteiger partial charge on any atom is 0.0568 e. The van der Waals surface area contributed by atoms with Gasteiger partial charge in [-0.2, -0.15) is 0 Å². The van der Waals surface area contributed by atoms with Crippen LogP contribution >= 0.6 is 11.9 Å². The summed E-state index contributed by atoms with van der Waals surface area (Å²) in [7, 11) is 0. The average Bonchev–Trinajstić information content (AvgIpc) is 1.88. The van der Waals surface area contributed by atoms with E-state index >= 15 is 0 Å². The fraction of sp³-hybridized carbons (Fsp3) is 1.00. The number of piperidine rings is 1. The molecule has 0 saturated carbocycles. The molecule has 1 N–H and O–H groups in total. The first-order chi connectivity index (χ1) is 4.74. The fourth-order valence-electron chi connectivity index (χ4n) is 1.40. The molecule has 1 heterocycles. The zero-order chi connectivity index (χ0) is 7.56. The molecule has 1 aliphatic rings. The van der Waals surface area contributed by atoms with E-state index in [4.69, 9.17) is 0 Å². The van der Waals surface area contributed by atoms with E-state index in [2.05, 4.69) is 17.5 Å². The molecule has 0 aliphatic carbocycles. The summed E-state index contributed by atoms with van der Waals surface area (Å²) >= 11 is 1.78. The van der Waals surface area contributed by atoms with E-state index < -0.39 is 0 Å². The maximum absolute atomic E-state index is 9.26. The summed E-state index contributed by atoms with van der Waals surface area (Å²) in [6.07, 6.45) is 3.90. The lowest BCUT2D eigenvalue weighted by molar-refractivity contribution is 0.0911. The number of aliphatic hydroxyl groups is 1. The molecule has 60 valence electrons. The van der Waals surface area contributed by atoms with Crippen LogP contribution < -0.4 is 0 Å². The molecule has 0 amide bonds. The Morgan fingerprint density at radius 2 is 2.30 bits per heavy atom. The Hall–Kier alpha value is 0.270. The zero-order valence-electron chi connectivity index (χ0n) is 6.58. The van der Waals surface area contributed by atoms with Crippen LogP contribution in [0.5, 0.6) is 0 Å². The summed E-state index contributed by atoms with van der Waals surface area (Å²) in [4.78, 5) is 0. The second kappa shape index (κ2) is 3.60. The molecule has 1 fully saturated rings. The molecule has 0 radical (unpaired) electrons. The van der Waals surface area contributed by atoms with Gasteiger partial charge in [0, 0.05) is 12.6 Å². The van der Waals surface area contributed by atoms with E-state index in [1.165, 1.54) is 0 Å². The highest BCUT2D eigenvalue weighted by Gasteiger charge is 2.22. The lowest BCUT2D eigenvalue weighted by atomic mass is 10.0. The largest absolute Gasteiger partial charge is 0.393 e. The van der Waals surface area contributed by atoms with Gasteiger partial charge in [-0.15, -0.1) is 0 Å². The predicted molar refractivity (Wildman–Crippen MR) is 44.9 cm³/mol. The van der Waals surface area contributed by atoms with Crippen molar-refractivity contribution in [3.63, 3.8) is 0 Å². The van der Waals surface area contributed by atoms with E-state index in [0.29, 0.717) is 6.04 Å². The van der Waals surface area contributed by atoms with Crippen molar-refractivity contribution in [1.82, 2.24) is 4.31 Å². The summed E-state index contributed by atoms with van der Waals surface area (Å²) in [6.45, 7) is 3.20. The van der Waals surface area contributed by atoms with E-state index in [9.17, 15) is 5.11 Å². The minimum Gasteiger partial charge on any atom is -0.393 e. The van der Waals surface area contributed by atoms with E-state index in [0.717, 1.165) is 19.4 Å². The summed E-state index contributed by atoms with van der Waals surface area (Å²) in [5, 5.41) is 9.26. The van der Waals surface area contributed by atoms with E-state index in [1.807, 2.05) is 0 Å². The first-order valence-electron chi connectivity index (χ1n) is 3.73. The van der Waals surface area contributed by atoms with Gasteiger partial charge >= 0.3 is 0 Å². The van der Waals surface area contributed by atoms with Crippen molar-refractivity contribution in [3.8, 4) is 0 Å². The number of rotatable bonds is 1. The molecular formula is C7H15NOS. The Kier molecular flexibility index (Phi) is 3.01. The lowest BCUT2D eigenvalue weighted by Crippen LogP contribution is -2.37. The van der Waals surface area contributed by atoms with Crippen molar-refractivity contribution in [2.75, 3.05) is 12.8 Å². The van der Waals surface area contributed by atoms with E-state index in [-0.39, 0.29) is 6.10 Å². The normalized spacial score (nSPS) is 36.3. The SMILES string of the molecule is CSN1CC[C@@H](O)C[C@H]1C. The molecule has 2 nitrogen and oxygen atoms in total. The number of hydrogen-bond donors (Lipinski definition) is 1. The second-order valence-corrected chi connectivity index (χ2v) is 3.68. The molecule has 0 spiro atoms. The smallest absolute Gasteiger partial charge is 0.0568 e. The molecule has 0 unspecified atom stereocenters. The Morgan fingerprint density at radius 1 is 1.60 bits per heavy atom. The van der Waals surface area contributed by atoms with Crippen LogP contribution in [0.25, 0.3) is 0 Å². The summed E-state index contributed by atoms with van der Waals surface area (Å²) in [5.74, 6) is 0. The van der Waals surface area contributed by atoms with Crippen LogP contribution in [-0.2, 0) is 0 Å². The van der Waals surface area contributed by atoms with E-state index in [1.54, 1.807) is 11.9 Å². The standard InChI is InChI=1S/C7H15NOS/c1-6-5-7(9)3-4-8(6)10-2/h6-7,9H,3-5H2,1-2H3/t6-,7-/m1/s1. The average molecular weight is 161 g/mol. The molecular weight excluding hydrogens is 146 g/mol. The van der Waals surface area contributed by atoms with Gasteiger partial charge in [0.1, 0.15) is 0 Å². The van der Waals surface area contributed by atoms with Crippen molar-refractivity contribution < 1.29 is 5.11 Å².